The van der Waals surface area contributed by atoms with Crippen molar-refractivity contribution >= 4 is 49.5 Å². The molecule has 7 heteroatoms. The third kappa shape index (κ3) is 3.77. The van der Waals surface area contributed by atoms with Gasteiger partial charge in [-0.05, 0) is 62.8 Å². The van der Waals surface area contributed by atoms with E-state index in [2.05, 4.69) is 37.2 Å². The van der Waals surface area contributed by atoms with E-state index in [4.69, 9.17) is 0 Å². The van der Waals surface area contributed by atoms with Crippen LogP contribution >= 0.6 is 31.9 Å². The summed E-state index contributed by atoms with van der Waals surface area (Å²) < 4.78 is 1.48. The van der Waals surface area contributed by atoms with Gasteiger partial charge in [-0.3, -0.25) is 0 Å². The number of hydrogen-bond donors (Lipinski definition) is 2. The van der Waals surface area contributed by atoms with Gasteiger partial charge >= 0.3 is 12.0 Å². The van der Waals surface area contributed by atoms with Gasteiger partial charge in [-0.1, -0.05) is 13.0 Å². The minimum Gasteiger partial charge on any atom is -0.480 e. The molecule has 1 aromatic rings. The minimum atomic E-state index is -0.956. The van der Waals surface area contributed by atoms with E-state index in [0.717, 1.165) is 15.4 Å². The Bertz CT molecular complexity index is 545. The predicted molar refractivity (Wildman–Crippen MR) is 87.4 cm³/mol. The van der Waals surface area contributed by atoms with Crippen LogP contribution in [0.25, 0.3) is 0 Å². The van der Waals surface area contributed by atoms with Gasteiger partial charge in [0.1, 0.15) is 6.04 Å². The third-order valence-electron chi connectivity index (χ3n) is 3.61. The van der Waals surface area contributed by atoms with Crippen molar-refractivity contribution in [3.63, 3.8) is 0 Å². The van der Waals surface area contributed by atoms with E-state index in [9.17, 15) is 14.7 Å². The van der Waals surface area contributed by atoms with Gasteiger partial charge in [0, 0.05) is 15.5 Å². The van der Waals surface area contributed by atoms with Crippen molar-refractivity contribution in [1.82, 2.24) is 4.90 Å². The Balaban J connectivity index is 2.17. The van der Waals surface area contributed by atoms with Crippen LogP contribution < -0.4 is 5.32 Å². The predicted octanol–water partition coefficient (Wildman–Crippen LogP) is 3.93. The van der Waals surface area contributed by atoms with E-state index in [-0.39, 0.29) is 6.03 Å². The molecule has 1 aliphatic rings. The van der Waals surface area contributed by atoms with Gasteiger partial charge in [0.2, 0.25) is 0 Å². The zero-order valence-electron chi connectivity index (χ0n) is 11.5. The van der Waals surface area contributed by atoms with Crippen molar-refractivity contribution < 1.29 is 14.7 Å². The average molecular weight is 420 g/mol. The van der Waals surface area contributed by atoms with Crippen LogP contribution in [0.3, 0.4) is 0 Å². The molecule has 0 saturated carbocycles. The molecule has 0 bridgehead atoms. The van der Waals surface area contributed by atoms with Crippen LogP contribution in [0.5, 0.6) is 0 Å². The second-order valence-corrected chi connectivity index (χ2v) is 6.91. The van der Waals surface area contributed by atoms with Crippen molar-refractivity contribution in [3.8, 4) is 0 Å². The first-order valence-electron chi connectivity index (χ1n) is 6.64. The molecule has 1 saturated heterocycles. The van der Waals surface area contributed by atoms with Gasteiger partial charge < -0.3 is 15.3 Å². The second-order valence-electron chi connectivity index (χ2n) is 5.20. The maximum Gasteiger partial charge on any atom is 0.326 e. The van der Waals surface area contributed by atoms with Gasteiger partial charge in [-0.25, -0.2) is 9.59 Å². The fourth-order valence-electron chi connectivity index (χ4n) is 2.41. The Morgan fingerprint density at radius 3 is 2.52 bits per heavy atom. The molecule has 2 rings (SSSR count). The molecule has 2 N–H and O–H groups in total. The summed E-state index contributed by atoms with van der Waals surface area (Å²) in [6, 6.07) is 4.31. The van der Waals surface area contributed by atoms with E-state index in [1.54, 1.807) is 0 Å². The highest BCUT2D eigenvalue weighted by Gasteiger charge is 2.35. The highest BCUT2D eigenvalue weighted by atomic mass is 79.9. The molecular weight excluding hydrogens is 404 g/mol. The van der Waals surface area contributed by atoms with Crippen molar-refractivity contribution in [1.29, 1.82) is 0 Å². The SMILES string of the molecule is CC1CCN(C(=O)Nc2c(Br)cccc2Br)C(C(=O)O)C1. The molecule has 0 radical (unpaired) electrons. The number of carbonyl (C=O) groups is 2. The zero-order valence-corrected chi connectivity index (χ0v) is 14.6. The molecule has 5 nitrogen and oxygen atoms in total. The second kappa shape index (κ2) is 6.79. The summed E-state index contributed by atoms with van der Waals surface area (Å²) >= 11 is 6.75. The Labute approximate surface area is 140 Å². The number of rotatable bonds is 2. The van der Waals surface area contributed by atoms with Crippen LogP contribution in [0.4, 0.5) is 10.5 Å². The highest BCUT2D eigenvalue weighted by molar-refractivity contribution is 9.11. The molecule has 1 aromatic carbocycles. The molecule has 0 aliphatic carbocycles. The summed E-state index contributed by atoms with van der Waals surface area (Å²) in [5.74, 6) is -0.645. The molecule has 1 heterocycles. The fraction of sp³-hybridized carbons (Fsp3) is 0.429. The molecule has 1 aliphatic heterocycles. The molecular formula is C14H16Br2N2O3. The van der Waals surface area contributed by atoms with Gasteiger partial charge in [-0.2, -0.15) is 0 Å². The highest BCUT2D eigenvalue weighted by Crippen LogP contribution is 2.31. The first-order valence-corrected chi connectivity index (χ1v) is 8.23. The standard InChI is InChI=1S/C14H16Br2N2O3/c1-8-5-6-18(11(7-8)13(19)20)14(21)17-12-9(15)3-2-4-10(12)16/h2-4,8,11H,5-7H2,1H3,(H,17,21)(H,19,20). The Morgan fingerprint density at radius 1 is 1.33 bits per heavy atom. The zero-order chi connectivity index (χ0) is 15.6. The summed E-state index contributed by atoms with van der Waals surface area (Å²) in [6.45, 7) is 2.46. The molecule has 2 unspecified atom stereocenters. The summed E-state index contributed by atoms with van der Waals surface area (Å²) in [4.78, 5) is 25.2. The molecule has 21 heavy (non-hydrogen) atoms. The molecule has 0 aromatic heterocycles. The van der Waals surface area contributed by atoms with Gasteiger partial charge in [0.25, 0.3) is 0 Å². The first-order chi connectivity index (χ1) is 9.90. The maximum atomic E-state index is 12.4. The smallest absolute Gasteiger partial charge is 0.326 e. The van der Waals surface area contributed by atoms with E-state index in [0.29, 0.717) is 24.6 Å². The number of urea groups is 1. The fourth-order valence-corrected chi connectivity index (χ4v) is 3.61. The van der Waals surface area contributed by atoms with E-state index in [1.807, 2.05) is 25.1 Å². The molecule has 1 fully saturated rings. The monoisotopic (exact) mass is 418 g/mol. The van der Waals surface area contributed by atoms with Crippen LogP contribution in [0.2, 0.25) is 0 Å². The number of piperidine rings is 1. The lowest BCUT2D eigenvalue weighted by Crippen LogP contribution is -2.51. The number of carboxylic acids is 1. The van der Waals surface area contributed by atoms with Crippen molar-refractivity contribution in [2.75, 3.05) is 11.9 Å². The van der Waals surface area contributed by atoms with Gasteiger partial charge in [0.05, 0.1) is 5.69 Å². The van der Waals surface area contributed by atoms with Gasteiger partial charge in [0.15, 0.2) is 0 Å². The largest absolute Gasteiger partial charge is 0.480 e. The van der Waals surface area contributed by atoms with Crippen molar-refractivity contribution in [3.05, 3.63) is 27.1 Å². The number of likely N-dealkylation sites (tertiary alicyclic amines) is 1. The van der Waals surface area contributed by atoms with E-state index < -0.39 is 12.0 Å². The van der Waals surface area contributed by atoms with Crippen LogP contribution in [0, 0.1) is 5.92 Å². The summed E-state index contributed by atoms with van der Waals surface area (Å²) in [7, 11) is 0. The lowest BCUT2D eigenvalue weighted by molar-refractivity contribution is -0.143. The topological polar surface area (TPSA) is 69.6 Å². The number of amides is 2. The van der Waals surface area contributed by atoms with E-state index >= 15 is 0 Å². The number of anilines is 1. The lowest BCUT2D eigenvalue weighted by Gasteiger charge is -2.36. The number of nitrogens with zero attached hydrogens (tertiary/aromatic N) is 1. The molecule has 114 valence electrons. The number of para-hydroxylation sites is 1. The number of aliphatic carboxylic acids is 1. The Kier molecular flexibility index (Phi) is 5.27. The Morgan fingerprint density at radius 2 is 1.95 bits per heavy atom. The lowest BCUT2D eigenvalue weighted by atomic mass is 9.93. The number of nitrogens with one attached hydrogen (secondary N) is 1. The van der Waals surface area contributed by atoms with Crippen LogP contribution in [-0.2, 0) is 4.79 Å². The summed E-state index contributed by atoms with van der Waals surface area (Å²) in [5, 5.41) is 12.1. The normalized spacial score (nSPS) is 22.0. The van der Waals surface area contributed by atoms with Gasteiger partial charge in [-0.15, -0.1) is 0 Å². The van der Waals surface area contributed by atoms with Crippen LogP contribution in [0.1, 0.15) is 19.8 Å². The number of carbonyl (C=O) groups excluding carboxylic acids is 1. The van der Waals surface area contributed by atoms with Crippen molar-refractivity contribution in [2.45, 2.75) is 25.8 Å². The molecule has 0 spiro atoms. The van der Waals surface area contributed by atoms with Crippen molar-refractivity contribution in [2.24, 2.45) is 5.92 Å². The number of carboxylic acid groups (broad SMARTS) is 1. The van der Waals surface area contributed by atoms with E-state index in [1.165, 1.54) is 4.90 Å². The number of hydrogen-bond acceptors (Lipinski definition) is 2. The third-order valence-corrected chi connectivity index (χ3v) is 4.93. The minimum absolute atomic E-state index is 0.311. The molecule has 2 atom stereocenters. The number of benzene rings is 1. The Hall–Kier alpha value is -1.08. The first kappa shape index (κ1) is 16.3. The van der Waals surface area contributed by atoms with Crippen LogP contribution in [-0.4, -0.2) is 34.6 Å². The average Bonchev–Trinajstić information content (AvgIpc) is 2.42. The maximum absolute atomic E-state index is 12.4. The summed E-state index contributed by atoms with van der Waals surface area (Å²) in [5.41, 5.74) is 0.602. The molecule has 2 amide bonds. The summed E-state index contributed by atoms with van der Waals surface area (Å²) in [6.07, 6.45) is 1.30. The van der Waals surface area contributed by atoms with Crippen LogP contribution in [0.15, 0.2) is 27.1 Å². The number of halogens is 2. The quantitative estimate of drug-likeness (QED) is 0.762.